The first kappa shape index (κ1) is 12.4. The van der Waals surface area contributed by atoms with E-state index < -0.39 is 0 Å². The summed E-state index contributed by atoms with van der Waals surface area (Å²) < 4.78 is 5.15. The molecule has 1 aromatic carbocycles. The summed E-state index contributed by atoms with van der Waals surface area (Å²) in [6.07, 6.45) is 2.39. The van der Waals surface area contributed by atoms with Crippen molar-refractivity contribution in [1.29, 1.82) is 0 Å². The van der Waals surface area contributed by atoms with Gasteiger partial charge < -0.3 is 9.73 Å². The van der Waals surface area contributed by atoms with Gasteiger partial charge in [-0.05, 0) is 25.0 Å². The number of carbonyl (C=O) groups excluding carboxylic acids is 1. The zero-order valence-corrected chi connectivity index (χ0v) is 10.6. The van der Waals surface area contributed by atoms with Gasteiger partial charge in [0.1, 0.15) is 5.76 Å². The van der Waals surface area contributed by atoms with Crippen LogP contribution >= 0.6 is 0 Å². The SMILES string of the molecule is CC[C@@H](NC(=O)c1ccoc1C)c1ccccc1. The number of hydrogen-bond donors (Lipinski definition) is 1. The second-order valence-electron chi connectivity index (χ2n) is 4.24. The van der Waals surface area contributed by atoms with Gasteiger partial charge in [0.05, 0.1) is 17.9 Å². The summed E-state index contributed by atoms with van der Waals surface area (Å²) in [5, 5.41) is 3.03. The maximum Gasteiger partial charge on any atom is 0.255 e. The van der Waals surface area contributed by atoms with Crippen molar-refractivity contribution in [3.8, 4) is 0 Å². The molecule has 0 saturated carbocycles. The number of carbonyl (C=O) groups is 1. The average Bonchev–Trinajstić information content (AvgIpc) is 2.83. The third-order valence-electron chi connectivity index (χ3n) is 3.02. The van der Waals surface area contributed by atoms with E-state index in [1.165, 1.54) is 6.26 Å². The summed E-state index contributed by atoms with van der Waals surface area (Å²) in [5.41, 5.74) is 1.72. The first-order valence-corrected chi connectivity index (χ1v) is 6.12. The van der Waals surface area contributed by atoms with E-state index in [2.05, 4.69) is 12.2 Å². The highest BCUT2D eigenvalue weighted by Crippen LogP contribution is 2.17. The van der Waals surface area contributed by atoms with Crippen LogP contribution in [0, 0.1) is 6.92 Å². The van der Waals surface area contributed by atoms with Crippen LogP contribution in [0.1, 0.15) is 41.1 Å². The minimum atomic E-state index is -0.0862. The van der Waals surface area contributed by atoms with Crippen molar-refractivity contribution in [3.63, 3.8) is 0 Å². The lowest BCUT2D eigenvalue weighted by Crippen LogP contribution is -2.28. The number of hydrogen-bond acceptors (Lipinski definition) is 2. The second-order valence-corrected chi connectivity index (χ2v) is 4.24. The molecule has 0 saturated heterocycles. The van der Waals surface area contributed by atoms with Gasteiger partial charge in [-0.25, -0.2) is 0 Å². The first-order chi connectivity index (χ1) is 8.72. The van der Waals surface area contributed by atoms with E-state index in [1.54, 1.807) is 13.0 Å². The molecule has 0 aliphatic rings. The van der Waals surface area contributed by atoms with Crippen LogP contribution in [0.3, 0.4) is 0 Å². The summed E-state index contributed by atoms with van der Waals surface area (Å²) >= 11 is 0. The molecule has 0 fully saturated rings. The van der Waals surface area contributed by atoms with Crippen LogP contribution in [0.25, 0.3) is 0 Å². The Morgan fingerprint density at radius 2 is 2.00 bits per heavy atom. The lowest BCUT2D eigenvalue weighted by Gasteiger charge is -2.17. The molecule has 94 valence electrons. The molecular weight excluding hydrogens is 226 g/mol. The normalized spacial score (nSPS) is 12.1. The molecule has 0 spiro atoms. The fraction of sp³-hybridized carbons (Fsp3) is 0.267. The molecule has 1 heterocycles. The van der Waals surface area contributed by atoms with Crippen molar-refractivity contribution < 1.29 is 9.21 Å². The highest BCUT2D eigenvalue weighted by Gasteiger charge is 2.16. The molecule has 2 rings (SSSR count). The molecule has 0 bridgehead atoms. The van der Waals surface area contributed by atoms with Gasteiger partial charge in [0.25, 0.3) is 5.91 Å². The monoisotopic (exact) mass is 243 g/mol. The minimum Gasteiger partial charge on any atom is -0.469 e. The first-order valence-electron chi connectivity index (χ1n) is 6.12. The van der Waals surface area contributed by atoms with Crippen LogP contribution in [0.15, 0.2) is 47.1 Å². The summed E-state index contributed by atoms with van der Waals surface area (Å²) in [6.45, 7) is 3.85. The zero-order chi connectivity index (χ0) is 13.0. The summed E-state index contributed by atoms with van der Waals surface area (Å²) in [5.74, 6) is 0.562. The Hall–Kier alpha value is -2.03. The number of rotatable bonds is 4. The number of amides is 1. The van der Waals surface area contributed by atoms with Gasteiger partial charge in [-0.2, -0.15) is 0 Å². The van der Waals surface area contributed by atoms with Crippen LogP contribution in [-0.4, -0.2) is 5.91 Å². The molecule has 3 nitrogen and oxygen atoms in total. The van der Waals surface area contributed by atoms with Crippen LogP contribution < -0.4 is 5.32 Å². The van der Waals surface area contributed by atoms with Gasteiger partial charge >= 0.3 is 0 Å². The van der Waals surface area contributed by atoms with Gasteiger partial charge in [-0.3, -0.25) is 4.79 Å². The maximum atomic E-state index is 12.1. The highest BCUT2D eigenvalue weighted by molar-refractivity contribution is 5.95. The van der Waals surface area contributed by atoms with E-state index in [1.807, 2.05) is 30.3 Å². The van der Waals surface area contributed by atoms with Crippen molar-refractivity contribution in [2.45, 2.75) is 26.3 Å². The Bertz CT molecular complexity index is 516. The molecule has 18 heavy (non-hydrogen) atoms. The average molecular weight is 243 g/mol. The number of aryl methyl sites for hydroxylation is 1. The second kappa shape index (κ2) is 5.54. The Balaban J connectivity index is 2.13. The lowest BCUT2D eigenvalue weighted by molar-refractivity contribution is 0.0934. The lowest BCUT2D eigenvalue weighted by atomic mass is 10.0. The topological polar surface area (TPSA) is 42.2 Å². The van der Waals surface area contributed by atoms with E-state index in [0.29, 0.717) is 11.3 Å². The fourth-order valence-electron chi connectivity index (χ4n) is 1.96. The van der Waals surface area contributed by atoms with E-state index >= 15 is 0 Å². The number of nitrogens with one attached hydrogen (secondary N) is 1. The molecule has 3 heteroatoms. The van der Waals surface area contributed by atoms with Crippen molar-refractivity contribution in [3.05, 3.63) is 59.5 Å². The standard InChI is InChI=1S/C15H17NO2/c1-3-14(12-7-5-4-6-8-12)16-15(17)13-9-10-18-11(13)2/h4-10,14H,3H2,1-2H3,(H,16,17)/t14-/m1/s1. The molecule has 1 aromatic heterocycles. The molecule has 1 atom stereocenters. The smallest absolute Gasteiger partial charge is 0.255 e. The van der Waals surface area contributed by atoms with E-state index in [4.69, 9.17) is 4.42 Å². The molecule has 2 aromatic rings. The van der Waals surface area contributed by atoms with Gasteiger partial charge in [-0.1, -0.05) is 37.3 Å². The highest BCUT2D eigenvalue weighted by atomic mass is 16.3. The Morgan fingerprint density at radius 1 is 1.28 bits per heavy atom. The van der Waals surface area contributed by atoms with Gasteiger partial charge in [0.15, 0.2) is 0 Å². The quantitative estimate of drug-likeness (QED) is 0.893. The minimum absolute atomic E-state index is 0.0352. The van der Waals surface area contributed by atoms with Gasteiger partial charge in [0.2, 0.25) is 0 Å². The molecule has 0 radical (unpaired) electrons. The number of benzene rings is 1. The molecular formula is C15H17NO2. The third kappa shape index (κ3) is 2.62. The predicted octanol–water partition coefficient (Wildman–Crippen LogP) is 3.47. The van der Waals surface area contributed by atoms with Gasteiger partial charge in [-0.15, -0.1) is 0 Å². The van der Waals surface area contributed by atoms with Crippen LogP contribution in [0.4, 0.5) is 0 Å². The molecule has 1 amide bonds. The van der Waals surface area contributed by atoms with Crippen molar-refractivity contribution in [1.82, 2.24) is 5.32 Å². The third-order valence-corrected chi connectivity index (χ3v) is 3.02. The number of furan rings is 1. The Morgan fingerprint density at radius 3 is 2.56 bits per heavy atom. The molecule has 0 aliphatic carbocycles. The Kier molecular flexibility index (Phi) is 3.82. The zero-order valence-electron chi connectivity index (χ0n) is 10.6. The van der Waals surface area contributed by atoms with Crippen LogP contribution in [0.5, 0.6) is 0 Å². The van der Waals surface area contributed by atoms with Crippen molar-refractivity contribution in [2.75, 3.05) is 0 Å². The predicted molar refractivity (Wildman–Crippen MR) is 70.4 cm³/mol. The summed E-state index contributed by atoms with van der Waals surface area (Å²) in [4.78, 5) is 12.1. The largest absolute Gasteiger partial charge is 0.469 e. The van der Waals surface area contributed by atoms with E-state index in [0.717, 1.165) is 12.0 Å². The van der Waals surface area contributed by atoms with Crippen molar-refractivity contribution >= 4 is 5.91 Å². The summed E-state index contributed by atoms with van der Waals surface area (Å²) in [6, 6.07) is 11.7. The van der Waals surface area contributed by atoms with Crippen molar-refractivity contribution in [2.24, 2.45) is 0 Å². The van der Waals surface area contributed by atoms with E-state index in [-0.39, 0.29) is 11.9 Å². The summed E-state index contributed by atoms with van der Waals surface area (Å²) in [7, 11) is 0. The van der Waals surface area contributed by atoms with Gasteiger partial charge in [0, 0.05) is 0 Å². The van der Waals surface area contributed by atoms with E-state index in [9.17, 15) is 4.79 Å². The Labute approximate surface area is 107 Å². The van der Waals surface area contributed by atoms with Crippen LogP contribution in [-0.2, 0) is 0 Å². The molecule has 0 aliphatic heterocycles. The molecule has 0 unspecified atom stereocenters. The fourth-order valence-corrected chi connectivity index (χ4v) is 1.96. The maximum absolute atomic E-state index is 12.1. The van der Waals surface area contributed by atoms with Crippen LogP contribution in [0.2, 0.25) is 0 Å². The molecule has 1 N–H and O–H groups in total.